The van der Waals surface area contributed by atoms with Gasteiger partial charge in [-0.05, 0) is 6.07 Å². The Kier molecular flexibility index (Phi) is 1.78. The van der Waals surface area contributed by atoms with Crippen molar-refractivity contribution in [2.24, 2.45) is 4.99 Å². The topological polar surface area (TPSA) is 21.6 Å². The maximum absolute atomic E-state index is 13.1. The van der Waals surface area contributed by atoms with Crippen LogP contribution in [0, 0.1) is 5.82 Å². The van der Waals surface area contributed by atoms with Crippen molar-refractivity contribution >= 4 is 6.40 Å². The maximum atomic E-state index is 13.1. The highest BCUT2D eigenvalue weighted by Crippen LogP contribution is 2.22. The summed E-state index contributed by atoms with van der Waals surface area (Å²) in [5, 5.41) is 0. The van der Waals surface area contributed by atoms with Crippen LogP contribution in [0.4, 0.5) is 4.39 Å². The molecule has 0 bridgehead atoms. The van der Waals surface area contributed by atoms with Crippen molar-refractivity contribution in [2.45, 2.75) is 6.04 Å². The van der Waals surface area contributed by atoms with Crippen LogP contribution in [0.25, 0.3) is 0 Å². The van der Waals surface area contributed by atoms with Gasteiger partial charge < -0.3 is 4.74 Å². The largest absolute Gasteiger partial charge is 0.481 e. The summed E-state index contributed by atoms with van der Waals surface area (Å²) in [7, 11) is 0. The molecule has 2 rings (SSSR count). The molecule has 0 spiro atoms. The van der Waals surface area contributed by atoms with E-state index in [1.165, 1.54) is 12.5 Å². The molecule has 0 aliphatic carbocycles. The van der Waals surface area contributed by atoms with Crippen molar-refractivity contribution in [2.75, 3.05) is 6.61 Å². The predicted octanol–water partition coefficient (Wildman–Crippen LogP) is 1.93. The van der Waals surface area contributed by atoms with Crippen LogP contribution in [0.5, 0.6) is 0 Å². The first kappa shape index (κ1) is 7.28. The number of rotatable bonds is 1. The molecule has 1 heterocycles. The van der Waals surface area contributed by atoms with E-state index in [0.29, 0.717) is 12.2 Å². The lowest BCUT2D eigenvalue weighted by Crippen LogP contribution is -1.99. The van der Waals surface area contributed by atoms with Crippen LogP contribution in [0.15, 0.2) is 29.3 Å². The molecule has 1 aliphatic rings. The van der Waals surface area contributed by atoms with Gasteiger partial charge in [-0.2, -0.15) is 0 Å². The zero-order valence-corrected chi connectivity index (χ0v) is 6.40. The summed E-state index contributed by atoms with van der Waals surface area (Å²) in [5.74, 6) is -0.217. The van der Waals surface area contributed by atoms with E-state index in [0.717, 1.165) is 0 Å². The number of nitrogens with zero attached hydrogens (tertiary/aromatic N) is 1. The van der Waals surface area contributed by atoms with E-state index in [1.54, 1.807) is 18.2 Å². The van der Waals surface area contributed by atoms with Crippen molar-refractivity contribution in [3.8, 4) is 0 Å². The molecular weight excluding hydrogens is 157 g/mol. The Hall–Kier alpha value is -1.38. The first-order chi connectivity index (χ1) is 5.88. The van der Waals surface area contributed by atoms with Crippen molar-refractivity contribution in [1.29, 1.82) is 0 Å². The molecule has 1 aromatic rings. The predicted molar refractivity (Wildman–Crippen MR) is 43.6 cm³/mol. The lowest BCUT2D eigenvalue weighted by molar-refractivity contribution is 0.327. The van der Waals surface area contributed by atoms with E-state index in [1.807, 2.05) is 0 Å². The van der Waals surface area contributed by atoms with Crippen LogP contribution in [-0.4, -0.2) is 13.0 Å². The van der Waals surface area contributed by atoms with E-state index in [-0.39, 0.29) is 11.9 Å². The first-order valence-corrected chi connectivity index (χ1v) is 3.75. The minimum absolute atomic E-state index is 0.161. The van der Waals surface area contributed by atoms with Gasteiger partial charge in [0, 0.05) is 5.56 Å². The van der Waals surface area contributed by atoms with Gasteiger partial charge in [0.15, 0.2) is 6.40 Å². The number of halogens is 1. The normalized spacial score (nSPS) is 20.9. The van der Waals surface area contributed by atoms with Crippen LogP contribution < -0.4 is 0 Å². The second-order valence-corrected chi connectivity index (χ2v) is 2.63. The zero-order valence-electron chi connectivity index (χ0n) is 6.40. The summed E-state index contributed by atoms with van der Waals surface area (Å²) in [4.78, 5) is 3.98. The van der Waals surface area contributed by atoms with Gasteiger partial charge in [-0.25, -0.2) is 9.38 Å². The van der Waals surface area contributed by atoms with Crippen LogP contribution in [0.3, 0.4) is 0 Å². The number of hydrogen-bond acceptors (Lipinski definition) is 2. The van der Waals surface area contributed by atoms with Gasteiger partial charge in [0.2, 0.25) is 0 Å². The molecule has 0 saturated heterocycles. The van der Waals surface area contributed by atoms with E-state index in [9.17, 15) is 4.39 Å². The fraction of sp³-hybridized carbons (Fsp3) is 0.222. The van der Waals surface area contributed by atoms with Crippen molar-refractivity contribution < 1.29 is 9.13 Å². The quantitative estimate of drug-likeness (QED) is 0.623. The number of ether oxygens (including phenoxy) is 1. The minimum Gasteiger partial charge on any atom is -0.481 e. The van der Waals surface area contributed by atoms with Crippen LogP contribution >= 0.6 is 0 Å². The third-order valence-corrected chi connectivity index (χ3v) is 1.83. The van der Waals surface area contributed by atoms with Gasteiger partial charge in [0.05, 0.1) is 0 Å². The number of benzene rings is 1. The molecule has 0 radical (unpaired) electrons. The second kappa shape index (κ2) is 2.93. The van der Waals surface area contributed by atoms with E-state index >= 15 is 0 Å². The highest BCUT2D eigenvalue weighted by molar-refractivity contribution is 5.50. The third kappa shape index (κ3) is 1.18. The molecule has 1 aliphatic heterocycles. The van der Waals surface area contributed by atoms with Crippen LogP contribution in [-0.2, 0) is 4.74 Å². The molecule has 0 amide bonds. The summed E-state index contributed by atoms with van der Waals surface area (Å²) in [6, 6.07) is 6.46. The molecule has 3 heteroatoms. The van der Waals surface area contributed by atoms with Gasteiger partial charge in [0.1, 0.15) is 18.5 Å². The Morgan fingerprint density at radius 2 is 2.25 bits per heavy atom. The minimum atomic E-state index is -0.217. The van der Waals surface area contributed by atoms with E-state index < -0.39 is 0 Å². The molecule has 0 fully saturated rings. The van der Waals surface area contributed by atoms with Crippen LogP contribution in [0.2, 0.25) is 0 Å². The van der Waals surface area contributed by atoms with Gasteiger partial charge in [-0.15, -0.1) is 0 Å². The fourth-order valence-electron chi connectivity index (χ4n) is 1.21. The molecule has 1 atom stereocenters. The molecule has 1 unspecified atom stereocenters. The van der Waals surface area contributed by atoms with Gasteiger partial charge >= 0.3 is 0 Å². The van der Waals surface area contributed by atoms with Crippen molar-refractivity contribution in [3.63, 3.8) is 0 Å². The molecular formula is C9H8FNO. The molecule has 0 aromatic heterocycles. The highest BCUT2D eigenvalue weighted by Gasteiger charge is 2.17. The average molecular weight is 165 g/mol. The summed E-state index contributed by atoms with van der Waals surface area (Å²) < 4.78 is 18.0. The fourth-order valence-corrected chi connectivity index (χ4v) is 1.21. The SMILES string of the molecule is Fc1ccccc1C1COC=N1. The van der Waals surface area contributed by atoms with Crippen molar-refractivity contribution in [3.05, 3.63) is 35.6 Å². The second-order valence-electron chi connectivity index (χ2n) is 2.63. The molecule has 1 aromatic carbocycles. The Balaban J connectivity index is 2.33. The molecule has 12 heavy (non-hydrogen) atoms. The van der Waals surface area contributed by atoms with Crippen LogP contribution in [0.1, 0.15) is 11.6 Å². The smallest absolute Gasteiger partial charge is 0.170 e. The average Bonchev–Trinajstić information content (AvgIpc) is 2.57. The third-order valence-electron chi connectivity index (χ3n) is 1.83. The monoisotopic (exact) mass is 165 g/mol. The number of hydrogen-bond donors (Lipinski definition) is 0. The number of aliphatic imine (C=N–C) groups is 1. The Morgan fingerprint density at radius 3 is 2.92 bits per heavy atom. The Labute approximate surface area is 69.7 Å². The molecule has 0 saturated carbocycles. The summed E-state index contributed by atoms with van der Waals surface area (Å²) in [5.41, 5.74) is 0.603. The highest BCUT2D eigenvalue weighted by atomic mass is 19.1. The van der Waals surface area contributed by atoms with Gasteiger partial charge in [0.25, 0.3) is 0 Å². The van der Waals surface area contributed by atoms with Gasteiger partial charge in [-0.1, -0.05) is 18.2 Å². The maximum Gasteiger partial charge on any atom is 0.170 e. The Morgan fingerprint density at radius 1 is 1.42 bits per heavy atom. The summed E-state index contributed by atoms with van der Waals surface area (Å²) in [6.07, 6.45) is 1.37. The summed E-state index contributed by atoms with van der Waals surface area (Å²) in [6.45, 7) is 0.445. The standard InChI is InChI=1S/C9H8FNO/c10-8-4-2-1-3-7(8)9-5-12-6-11-9/h1-4,6,9H,5H2. The van der Waals surface area contributed by atoms with Gasteiger partial charge in [-0.3, -0.25) is 0 Å². The van der Waals surface area contributed by atoms with E-state index in [2.05, 4.69) is 4.99 Å². The molecule has 62 valence electrons. The van der Waals surface area contributed by atoms with Crippen molar-refractivity contribution in [1.82, 2.24) is 0 Å². The zero-order chi connectivity index (χ0) is 8.39. The van der Waals surface area contributed by atoms with E-state index in [4.69, 9.17) is 4.74 Å². The lowest BCUT2D eigenvalue weighted by Gasteiger charge is -2.05. The Bertz CT molecular complexity index is 311. The lowest BCUT2D eigenvalue weighted by atomic mass is 10.1. The molecule has 2 nitrogen and oxygen atoms in total. The molecule has 0 N–H and O–H groups in total. The summed E-state index contributed by atoms with van der Waals surface area (Å²) >= 11 is 0. The first-order valence-electron chi connectivity index (χ1n) is 3.75.